The second-order valence-electron chi connectivity index (χ2n) is 5.60. The highest BCUT2D eigenvalue weighted by Crippen LogP contribution is 2.34. The van der Waals surface area contributed by atoms with Crippen LogP contribution in [0.15, 0.2) is 12.1 Å². The maximum absolute atomic E-state index is 6.26. The fraction of sp³-hybridized carbons (Fsp3) is 0.647. The van der Waals surface area contributed by atoms with Crippen molar-refractivity contribution in [1.29, 1.82) is 0 Å². The Bertz CT molecular complexity index is 443. The monoisotopic (exact) mass is 295 g/mol. The maximum Gasteiger partial charge on any atom is 0.125 e. The largest absolute Gasteiger partial charge is 0.493 e. The van der Waals surface area contributed by atoms with Crippen LogP contribution in [0.3, 0.4) is 0 Å². The van der Waals surface area contributed by atoms with E-state index in [1.165, 1.54) is 24.0 Å². The molecule has 0 spiro atoms. The zero-order valence-corrected chi connectivity index (χ0v) is 13.6. The number of likely N-dealkylation sites (N-methyl/N-ethyl adjacent to an activating group) is 1. The highest BCUT2D eigenvalue weighted by Gasteiger charge is 2.23. The van der Waals surface area contributed by atoms with Gasteiger partial charge in [-0.15, -0.1) is 0 Å². The zero-order chi connectivity index (χ0) is 14.5. The van der Waals surface area contributed by atoms with Crippen molar-refractivity contribution in [3.63, 3.8) is 0 Å². The van der Waals surface area contributed by atoms with Crippen LogP contribution in [0.25, 0.3) is 0 Å². The Kier molecular flexibility index (Phi) is 5.74. The lowest BCUT2D eigenvalue weighted by Crippen LogP contribution is -2.37. The van der Waals surface area contributed by atoms with Crippen LogP contribution in [0.1, 0.15) is 44.7 Å². The second-order valence-corrected chi connectivity index (χ2v) is 6.03. The molecular formula is C17H26ClNO. The Balaban J connectivity index is 2.22. The summed E-state index contributed by atoms with van der Waals surface area (Å²) in [6, 6.07) is 4.63. The third-order valence-corrected chi connectivity index (χ3v) is 4.57. The fourth-order valence-electron chi connectivity index (χ4n) is 3.26. The van der Waals surface area contributed by atoms with Crippen molar-refractivity contribution in [1.82, 2.24) is 5.32 Å². The van der Waals surface area contributed by atoms with Gasteiger partial charge in [-0.1, -0.05) is 45.2 Å². The molecule has 2 nitrogen and oxygen atoms in total. The second kappa shape index (κ2) is 7.33. The van der Waals surface area contributed by atoms with Gasteiger partial charge in [-0.2, -0.15) is 0 Å². The summed E-state index contributed by atoms with van der Waals surface area (Å²) in [6.07, 6.45) is 4.40. The molecule has 1 aromatic rings. The van der Waals surface area contributed by atoms with Gasteiger partial charge in [-0.05, 0) is 42.1 Å². The van der Waals surface area contributed by atoms with E-state index in [1.54, 1.807) is 0 Å². The van der Waals surface area contributed by atoms with E-state index in [1.807, 2.05) is 6.07 Å². The Morgan fingerprint density at radius 2 is 2.00 bits per heavy atom. The van der Waals surface area contributed by atoms with Crippen molar-refractivity contribution in [3.05, 3.63) is 28.3 Å². The van der Waals surface area contributed by atoms with E-state index in [4.69, 9.17) is 16.3 Å². The first-order valence-corrected chi connectivity index (χ1v) is 8.24. The minimum atomic E-state index is 0.502. The molecule has 0 aliphatic carbocycles. The first-order valence-electron chi connectivity index (χ1n) is 7.87. The SMILES string of the molecule is CCNC(Cc1cc(Cl)cc2c1OCC2)C(CC)CC. The van der Waals surface area contributed by atoms with Crippen molar-refractivity contribution >= 4 is 11.6 Å². The average Bonchev–Trinajstić information content (AvgIpc) is 2.88. The summed E-state index contributed by atoms with van der Waals surface area (Å²) in [5.41, 5.74) is 2.54. The Hall–Kier alpha value is -0.730. The first-order chi connectivity index (χ1) is 9.69. The predicted molar refractivity (Wildman–Crippen MR) is 85.9 cm³/mol. The number of ether oxygens (including phenoxy) is 1. The van der Waals surface area contributed by atoms with Crippen LogP contribution < -0.4 is 10.1 Å². The van der Waals surface area contributed by atoms with Gasteiger partial charge in [-0.25, -0.2) is 0 Å². The summed E-state index contributed by atoms with van der Waals surface area (Å²) < 4.78 is 5.82. The lowest BCUT2D eigenvalue weighted by molar-refractivity contribution is 0.325. The molecule has 112 valence electrons. The van der Waals surface area contributed by atoms with Gasteiger partial charge in [0, 0.05) is 17.5 Å². The van der Waals surface area contributed by atoms with Crippen molar-refractivity contribution in [3.8, 4) is 5.75 Å². The average molecular weight is 296 g/mol. The molecule has 0 amide bonds. The summed E-state index contributed by atoms with van der Waals surface area (Å²) in [4.78, 5) is 0. The highest BCUT2D eigenvalue weighted by molar-refractivity contribution is 6.30. The number of benzene rings is 1. The minimum Gasteiger partial charge on any atom is -0.493 e. The smallest absolute Gasteiger partial charge is 0.125 e. The van der Waals surface area contributed by atoms with Gasteiger partial charge >= 0.3 is 0 Å². The predicted octanol–water partition coefficient (Wildman–Crippen LogP) is 4.23. The van der Waals surface area contributed by atoms with Crippen molar-refractivity contribution in [2.75, 3.05) is 13.2 Å². The van der Waals surface area contributed by atoms with E-state index in [2.05, 4.69) is 32.2 Å². The van der Waals surface area contributed by atoms with Crippen LogP contribution in [-0.2, 0) is 12.8 Å². The van der Waals surface area contributed by atoms with E-state index >= 15 is 0 Å². The van der Waals surface area contributed by atoms with Gasteiger partial charge in [0.1, 0.15) is 5.75 Å². The van der Waals surface area contributed by atoms with Gasteiger partial charge in [0.05, 0.1) is 6.61 Å². The number of hydrogen-bond acceptors (Lipinski definition) is 2. The minimum absolute atomic E-state index is 0.502. The molecule has 1 N–H and O–H groups in total. The lowest BCUT2D eigenvalue weighted by Gasteiger charge is -2.27. The van der Waals surface area contributed by atoms with E-state index < -0.39 is 0 Å². The molecule has 0 saturated heterocycles. The maximum atomic E-state index is 6.26. The van der Waals surface area contributed by atoms with Gasteiger partial charge in [0.25, 0.3) is 0 Å². The number of fused-ring (bicyclic) bond motifs is 1. The quantitative estimate of drug-likeness (QED) is 0.813. The molecule has 1 aliphatic heterocycles. The molecule has 20 heavy (non-hydrogen) atoms. The Morgan fingerprint density at radius 1 is 1.25 bits per heavy atom. The van der Waals surface area contributed by atoms with E-state index in [9.17, 15) is 0 Å². The van der Waals surface area contributed by atoms with E-state index in [-0.39, 0.29) is 0 Å². The summed E-state index contributed by atoms with van der Waals surface area (Å²) >= 11 is 6.26. The van der Waals surface area contributed by atoms with Gasteiger partial charge in [0.15, 0.2) is 0 Å². The van der Waals surface area contributed by atoms with Crippen molar-refractivity contribution in [2.24, 2.45) is 5.92 Å². The van der Waals surface area contributed by atoms with Gasteiger partial charge < -0.3 is 10.1 Å². The highest BCUT2D eigenvalue weighted by atomic mass is 35.5. The third-order valence-electron chi connectivity index (χ3n) is 4.35. The summed E-state index contributed by atoms with van der Waals surface area (Å²) in [5, 5.41) is 4.48. The molecule has 2 rings (SSSR count). The molecule has 1 aliphatic rings. The van der Waals surface area contributed by atoms with Crippen LogP contribution in [0.4, 0.5) is 0 Å². The molecule has 0 radical (unpaired) electrons. The summed E-state index contributed by atoms with van der Waals surface area (Å²) in [6.45, 7) is 8.52. The van der Waals surface area contributed by atoms with Crippen molar-refractivity contribution in [2.45, 2.75) is 52.5 Å². The molecule has 1 aromatic carbocycles. The number of nitrogens with one attached hydrogen (secondary N) is 1. The van der Waals surface area contributed by atoms with Gasteiger partial charge in [0.2, 0.25) is 0 Å². The van der Waals surface area contributed by atoms with Crippen LogP contribution >= 0.6 is 11.6 Å². The van der Waals surface area contributed by atoms with Crippen LogP contribution in [0, 0.1) is 5.92 Å². The van der Waals surface area contributed by atoms with Crippen LogP contribution in [0.5, 0.6) is 5.75 Å². The normalized spacial score (nSPS) is 15.2. The molecule has 0 saturated carbocycles. The fourth-order valence-corrected chi connectivity index (χ4v) is 3.52. The topological polar surface area (TPSA) is 21.3 Å². The standard InChI is InChI=1S/C17H26ClNO/c1-4-12(5-2)16(19-6-3)11-14-10-15(18)9-13-7-8-20-17(13)14/h9-10,12,16,19H,4-8,11H2,1-3H3. The number of halogens is 1. The Labute approximate surface area is 127 Å². The molecule has 1 atom stereocenters. The summed E-state index contributed by atoms with van der Waals surface area (Å²) in [5.74, 6) is 1.79. The van der Waals surface area contributed by atoms with Gasteiger partial charge in [-0.3, -0.25) is 0 Å². The summed E-state index contributed by atoms with van der Waals surface area (Å²) in [7, 11) is 0. The zero-order valence-electron chi connectivity index (χ0n) is 12.8. The van der Waals surface area contributed by atoms with Crippen molar-refractivity contribution < 1.29 is 4.74 Å². The molecular weight excluding hydrogens is 270 g/mol. The van der Waals surface area contributed by atoms with Crippen LogP contribution in [-0.4, -0.2) is 19.2 Å². The Morgan fingerprint density at radius 3 is 2.65 bits per heavy atom. The molecule has 0 fully saturated rings. The molecule has 0 aromatic heterocycles. The molecule has 0 bridgehead atoms. The molecule has 1 unspecified atom stereocenters. The number of hydrogen-bond donors (Lipinski definition) is 1. The van der Waals surface area contributed by atoms with E-state index in [0.717, 1.165) is 36.8 Å². The third kappa shape index (κ3) is 3.48. The number of rotatable bonds is 7. The lowest BCUT2D eigenvalue weighted by atomic mass is 9.88. The molecule has 3 heteroatoms. The first kappa shape index (κ1) is 15.7. The van der Waals surface area contributed by atoms with E-state index in [0.29, 0.717) is 12.0 Å². The molecule has 1 heterocycles. The van der Waals surface area contributed by atoms with Crippen LogP contribution in [0.2, 0.25) is 5.02 Å².